The number of ether oxygens (including phenoxy) is 1. The Kier molecular flexibility index (Phi) is 6.33. The number of rotatable bonds is 5. The van der Waals surface area contributed by atoms with Crippen LogP contribution in [0.1, 0.15) is 37.8 Å². The van der Waals surface area contributed by atoms with E-state index >= 15 is 0 Å². The van der Waals surface area contributed by atoms with Gasteiger partial charge in [-0.2, -0.15) is 4.98 Å². The predicted octanol–water partition coefficient (Wildman–Crippen LogP) is 1.66. The second-order valence-electron chi connectivity index (χ2n) is 8.75. The molecule has 3 aliphatic rings. The Morgan fingerprint density at radius 1 is 1.00 bits per heavy atom. The quantitative estimate of drug-likeness (QED) is 0.823. The molecular weight excluding hydrogens is 352 g/mol. The maximum atomic E-state index is 5.67. The van der Waals surface area contributed by atoms with Crippen molar-refractivity contribution in [2.45, 2.75) is 57.2 Å². The number of aromatic nitrogens is 2. The second-order valence-corrected chi connectivity index (χ2v) is 8.75. The molecule has 0 spiro atoms. The van der Waals surface area contributed by atoms with Crippen molar-refractivity contribution in [3.63, 3.8) is 0 Å². The highest BCUT2D eigenvalue weighted by Crippen LogP contribution is 2.24. The van der Waals surface area contributed by atoms with E-state index in [2.05, 4.69) is 40.1 Å². The van der Waals surface area contributed by atoms with Crippen LogP contribution < -0.4 is 15.1 Å². The summed E-state index contributed by atoms with van der Waals surface area (Å²) in [6.07, 6.45) is 6.44. The number of hydrogen-bond acceptors (Lipinski definition) is 7. The first-order valence-corrected chi connectivity index (χ1v) is 11.0. The third kappa shape index (κ3) is 4.58. The standard InChI is InChI=1S/C21H36N6O/c1-16-13-20(24-21(22-16)27-9-5-4-6-10-27)26-11-7-17(8-12-26)23-18-14-25(2)15-19(18)28-3/h13,17-19,23H,4-12,14-15H2,1-3H3/t18-,19-/m0/s1. The van der Waals surface area contributed by atoms with E-state index in [1.807, 2.05) is 7.11 Å². The van der Waals surface area contributed by atoms with Gasteiger partial charge in [0, 0.05) is 70.2 Å². The van der Waals surface area contributed by atoms with Crippen LogP contribution in [-0.4, -0.2) is 86.5 Å². The van der Waals surface area contributed by atoms with Gasteiger partial charge in [-0.15, -0.1) is 0 Å². The zero-order valence-electron chi connectivity index (χ0n) is 17.7. The molecule has 0 aliphatic carbocycles. The molecule has 28 heavy (non-hydrogen) atoms. The molecule has 4 rings (SSSR count). The van der Waals surface area contributed by atoms with Crippen LogP contribution in [0.15, 0.2) is 6.07 Å². The summed E-state index contributed by atoms with van der Waals surface area (Å²) in [6.45, 7) is 8.46. The van der Waals surface area contributed by atoms with Gasteiger partial charge in [0.15, 0.2) is 0 Å². The summed E-state index contributed by atoms with van der Waals surface area (Å²) >= 11 is 0. The maximum absolute atomic E-state index is 5.67. The van der Waals surface area contributed by atoms with Crippen LogP contribution in [-0.2, 0) is 4.74 Å². The lowest BCUT2D eigenvalue weighted by atomic mass is 10.0. The molecule has 0 unspecified atom stereocenters. The van der Waals surface area contributed by atoms with Gasteiger partial charge in [-0.1, -0.05) is 0 Å². The van der Waals surface area contributed by atoms with Gasteiger partial charge in [0.05, 0.1) is 6.10 Å². The second kappa shape index (κ2) is 8.93. The van der Waals surface area contributed by atoms with Crippen molar-refractivity contribution < 1.29 is 4.74 Å². The van der Waals surface area contributed by atoms with Crippen molar-refractivity contribution in [3.8, 4) is 0 Å². The first kappa shape index (κ1) is 19.9. The van der Waals surface area contributed by atoms with Crippen molar-refractivity contribution >= 4 is 11.8 Å². The zero-order valence-corrected chi connectivity index (χ0v) is 17.7. The summed E-state index contributed by atoms with van der Waals surface area (Å²) in [4.78, 5) is 16.8. The largest absolute Gasteiger partial charge is 0.378 e. The fourth-order valence-electron chi connectivity index (χ4n) is 4.87. The Morgan fingerprint density at radius 2 is 1.75 bits per heavy atom. The van der Waals surface area contributed by atoms with Gasteiger partial charge < -0.3 is 24.8 Å². The Hall–Kier alpha value is -1.44. The predicted molar refractivity (Wildman–Crippen MR) is 113 cm³/mol. The number of aryl methyl sites for hydroxylation is 1. The van der Waals surface area contributed by atoms with Crippen LogP contribution in [0.3, 0.4) is 0 Å². The summed E-state index contributed by atoms with van der Waals surface area (Å²) < 4.78 is 5.67. The highest BCUT2D eigenvalue weighted by molar-refractivity contribution is 5.46. The van der Waals surface area contributed by atoms with Crippen LogP contribution in [0.5, 0.6) is 0 Å². The first-order chi connectivity index (χ1) is 13.6. The molecule has 0 bridgehead atoms. The topological polar surface area (TPSA) is 56.8 Å². The molecule has 3 saturated heterocycles. The average molecular weight is 389 g/mol. The smallest absolute Gasteiger partial charge is 0.227 e. The maximum Gasteiger partial charge on any atom is 0.227 e. The molecule has 3 fully saturated rings. The van der Waals surface area contributed by atoms with Crippen LogP contribution in [0.2, 0.25) is 0 Å². The number of piperidine rings is 2. The minimum atomic E-state index is 0.305. The van der Waals surface area contributed by atoms with Gasteiger partial charge in [0.25, 0.3) is 0 Å². The number of likely N-dealkylation sites (tertiary alicyclic amines) is 1. The summed E-state index contributed by atoms with van der Waals surface area (Å²) in [6, 6.07) is 3.15. The van der Waals surface area contributed by atoms with E-state index in [9.17, 15) is 0 Å². The molecule has 0 aromatic carbocycles. The molecule has 7 heteroatoms. The lowest BCUT2D eigenvalue weighted by molar-refractivity contribution is 0.0868. The van der Waals surface area contributed by atoms with Crippen molar-refractivity contribution in [3.05, 3.63) is 11.8 Å². The van der Waals surface area contributed by atoms with Gasteiger partial charge in [0.1, 0.15) is 5.82 Å². The van der Waals surface area contributed by atoms with Crippen molar-refractivity contribution in [1.82, 2.24) is 20.2 Å². The number of methoxy groups -OCH3 is 1. The van der Waals surface area contributed by atoms with E-state index in [-0.39, 0.29) is 0 Å². The molecule has 0 amide bonds. The number of nitrogens with zero attached hydrogens (tertiary/aromatic N) is 5. The van der Waals surface area contributed by atoms with E-state index in [0.29, 0.717) is 18.2 Å². The molecule has 1 aromatic rings. The van der Waals surface area contributed by atoms with E-state index in [1.165, 1.54) is 19.3 Å². The molecule has 7 nitrogen and oxygen atoms in total. The van der Waals surface area contributed by atoms with Gasteiger partial charge in [0.2, 0.25) is 5.95 Å². The minimum Gasteiger partial charge on any atom is -0.378 e. The van der Waals surface area contributed by atoms with Crippen molar-refractivity contribution in [1.29, 1.82) is 0 Å². The Bertz CT molecular complexity index is 642. The summed E-state index contributed by atoms with van der Waals surface area (Å²) in [5.41, 5.74) is 1.07. The fourth-order valence-corrected chi connectivity index (χ4v) is 4.87. The van der Waals surface area contributed by atoms with Gasteiger partial charge in [-0.25, -0.2) is 4.98 Å². The average Bonchev–Trinajstić information content (AvgIpc) is 3.08. The zero-order chi connectivity index (χ0) is 19.5. The highest BCUT2D eigenvalue weighted by Gasteiger charge is 2.33. The highest BCUT2D eigenvalue weighted by atomic mass is 16.5. The van der Waals surface area contributed by atoms with Crippen molar-refractivity contribution in [2.75, 3.05) is 63.2 Å². The minimum absolute atomic E-state index is 0.305. The van der Waals surface area contributed by atoms with Gasteiger partial charge in [-0.05, 0) is 46.1 Å². The van der Waals surface area contributed by atoms with E-state index < -0.39 is 0 Å². The van der Waals surface area contributed by atoms with Gasteiger partial charge >= 0.3 is 0 Å². The molecule has 2 atom stereocenters. The monoisotopic (exact) mass is 388 g/mol. The van der Waals surface area contributed by atoms with Crippen LogP contribution in [0.4, 0.5) is 11.8 Å². The number of anilines is 2. The molecule has 3 aliphatic heterocycles. The Morgan fingerprint density at radius 3 is 2.46 bits per heavy atom. The van der Waals surface area contributed by atoms with Crippen LogP contribution in [0, 0.1) is 6.92 Å². The van der Waals surface area contributed by atoms with E-state index in [0.717, 1.165) is 69.6 Å². The molecule has 1 aromatic heterocycles. The normalized spacial score (nSPS) is 27.5. The SMILES string of the molecule is CO[C@H]1CN(C)C[C@@H]1NC1CCN(c2cc(C)nc(N3CCCCC3)n2)CC1. The fraction of sp³-hybridized carbons (Fsp3) is 0.810. The van der Waals surface area contributed by atoms with Crippen LogP contribution in [0.25, 0.3) is 0 Å². The molecule has 156 valence electrons. The number of hydrogen-bond donors (Lipinski definition) is 1. The lowest BCUT2D eigenvalue weighted by Crippen LogP contribution is -2.50. The van der Waals surface area contributed by atoms with Gasteiger partial charge in [-0.3, -0.25) is 0 Å². The number of likely N-dealkylation sites (N-methyl/N-ethyl adjacent to an activating group) is 1. The third-order valence-electron chi connectivity index (χ3n) is 6.49. The van der Waals surface area contributed by atoms with E-state index in [4.69, 9.17) is 14.7 Å². The summed E-state index contributed by atoms with van der Waals surface area (Å²) in [5, 5.41) is 3.86. The van der Waals surface area contributed by atoms with Crippen LogP contribution >= 0.6 is 0 Å². The number of nitrogens with one attached hydrogen (secondary N) is 1. The Balaban J connectivity index is 1.35. The molecule has 0 radical (unpaired) electrons. The summed E-state index contributed by atoms with van der Waals surface area (Å²) in [7, 11) is 4.01. The molecular formula is C21H36N6O. The van der Waals surface area contributed by atoms with E-state index in [1.54, 1.807) is 0 Å². The van der Waals surface area contributed by atoms with Crippen molar-refractivity contribution in [2.24, 2.45) is 0 Å². The summed E-state index contributed by atoms with van der Waals surface area (Å²) in [5.74, 6) is 2.02. The molecule has 1 N–H and O–H groups in total. The first-order valence-electron chi connectivity index (χ1n) is 11.0. The molecule has 4 heterocycles. The Labute approximate surface area is 169 Å². The third-order valence-corrected chi connectivity index (χ3v) is 6.49. The molecule has 0 saturated carbocycles. The lowest BCUT2D eigenvalue weighted by Gasteiger charge is -2.36.